The molecule has 2 N–H and O–H groups in total. The molecule has 4 heterocycles. The number of carbonyl (C=O) groups excluding carboxylic acids is 2. The molecule has 4 aromatic rings. The number of urea groups is 1. The largest absolute Gasteiger partial charge is 0.483 e. The smallest absolute Gasteiger partial charge is 0.322 e. The Morgan fingerprint density at radius 2 is 1.80 bits per heavy atom. The summed E-state index contributed by atoms with van der Waals surface area (Å²) in [6, 6.07) is 15.6. The van der Waals surface area contributed by atoms with Crippen LogP contribution in [0.15, 0.2) is 61.1 Å². The van der Waals surface area contributed by atoms with Gasteiger partial charge in [-0.05, 0) is 51.1 Å². The van der Waals surface area contributed by atoms with E-state index in [0.717, 1.165) is 53.6 Å². The number of rotatable bonds is 8. The van der Waals surface area contributed by atoms with Crippen molar-refractivity contribution in [1.29, 1.82) is 0 Å². The number of nitrogens with zero attached hydrogens (tertiary/aromatic N) is 6. The highest BCUT2D eigenvalue weighted by atomic mass is 35.5. The number of halogens is 1. The van der Waals surface area contributed by atoms with Gasteiger partial charge in [-0.3, -0.25) is 9.59 Å². The molecule has 6 rings (SSSR count). The lowest BCUT2D eigenvalue weighted by Gasteiger charge is -2.38. The average Bonchev–Trinajstić information content (AvgIpc) is 3.31. The maximum absolute atomic E-state index is 13.6. The second-order valence-corrected chi connectivity index (χ2v) is 11.8. The number of hydrogen-bond donors (Lipinski definition) is 2. The van der Waals surface area contributed by atoms with Gasteiger partial charge in [0, 0.05) is 60.3 Å². The summed E-state index contributed by atoms with van der Waals surface area (Å²) in [5, 5.41) is 11.3. The molecule has 1 saturated heterocycles. The maximum atomic E-state index is 13.6. The molecule has 0 atom stereocenters. The first-order valence-corrected chi connectivity index (χ1v) is 15.6. The van der Waals surface area contributed by atoms with Crippen LogP contribution in [0.25, 0.3) is 22.2 Å². The number of carbonyl (C=O) groups is 3. The van der Waals surface area contributed by atoms with Crippen molar-refractivity contribution in [1.82, 2.24) is 29.2 Å². The zero-order valence-electron chi connectivity index (χ0n) is 25.9. The average molecular weight is 648 g/mol. The van der Waals surface area contributed by atoms with Gasteiger partial charge in [0.05, 0.1) is 5.39 Å². The predicted molar refractivity (Wildman–Crippen MR) is 176 cm³/mol. The van der Waals surface area contributed by atoms with Crippen LogP contribution in [0.2, 0.25) is 5.02 Å². The number of anilines is 1. The topological polar surface area (TPSA) is 133 Å². The number of amides is 3. The summed E-state index contributed by atoms with van der Waals surface area (Å²) < 4.78 is 7.96. The zero-order valence-corrected chi connectivity index (χ0v) is 26.7. The highest BCUT2D eigenvalue weighted by Crippen LogP contribution is 2.38. The van der Waals surface area contributed by atoms with E-state index >= 15 is 0 Å². The number of hydrogen-bond acceptors (Lipinski definition) is 7. The van der Waals surface area contributed by atoms with Crippen LogP contribution in [-0.4, -0.2) is 106 Å². The van der Waals surface area contributed by atoms with Gasteiger partial charge in [0.2, 0.25) is 11.8 Å². The van der Waals surface area contributed by atoms with Gasteiger partial charge in [-0.25, -0.2) is 14.8 Å². The van der Waals surface area contributed by atoms with E-state index in [-0.39, 0.29) is 31.0 Å². The second kappa shape index (κ2) is 15.1. The van der Waals surface area contributed by atoms with Gasteiger partial charge in [-0.1, -0.05) is 48.0 Å². The normalized spacial score (nSPS) is 15.1. The minimum Gasteiger partial charge on any atom is -0.483 e. The van der Waals surface area contributed by atoms with Crippen LogP contribution in [0.5, 0.6) is 5.88 Å². The molecule has 0 radical (unpaired) electrons. The number of aromatic nitrogens is 3. The first kappa shape index (κ1) is 32.7. The van der Waals surface area contributed by atoms with Gasteiger partial charge in [-0.15, -0.1) is 0 Å². The van der Waals surface area contributed by atoms with Crippen molar-refractivity contribution < 1.29 is 24.2 Å². The van der Waals surface area contributed by atoms with Gasteiger partial charge in [0.1, 0.15) is 25.1 Å². The Balaban J connectivity index is 0.00000134. The van der Waals surface area contributed by atoms with Crippen LogP contribution < -0.4 is 10.1 Å². The highest BCUT2D eigenvalue weighted by Gasteiger charge is 2.31. The molecule has 1 fully saturated rings. The van der Waals surface area contributed by atoms with Crippen LogP contribution >= 0.6 is 11.6 Å². The number of piperidine rings is 1. The molecule has 2 aromatic carbocycles. The molecular formula is C33H38ClN7O5. The van der Waals surface area contributed by atoms with Gasteiger partial charge in [0.25, 0.3) is 6.47 Å². The molecule has 0 spiro atoms. The summed E-state index contributed by atoms with van der Waals surface area (Å²) in [6.45, 7) is 2.91. The SMILES string of the molecule is CN(C)CCOc1ncnc2c1c(-c1ccccc1Cl)cn2CC(=O)N1CCC(N2CCc3ccccc3NC2=O)CC1.O=CO. The first-order chi connectivity index (χ1) is 22.3. The summed E-state index contributed by atoms with van der Waals surface area (Å²) in [6.07, 6.45) is 5.67. The Kier molecular flexibility index (Phi) is 10.7. The minimum atomic E-state index is -0.250. The number of nitrogens with one attached hydrogen (secondary N) is 1. The fraction of sp³-hybridized carbons (Fsp3) is 0.364. The molecule has 46 heavy (non-hydrogen) atoms. The van der Waals surface area contributed by atoms with E-state index in [1.807, 2.05) is 82.0 Å². The molecular weight excluding hydrogens is 610 g/mol. The van der Waals surface area contributed by atoms with Crippen LogP contribution in [0.4, 0.5) is 10.5 Å². The molecule has 242 valence electrons. The third kappa shape index (κ3) is 7.40. The summed E-state index contributed by atoms with van der Waals surface area (Å²) in [5.41, 5.74) is 4.30. The van der Waals surface area contributed by atoms with Crippen molar-refractivity contribution >= 4 is 46.7 Å². The predicted octanol–water partition coefficient (Wildman–Crippen LogP) is 4.47. The molecule has 12 nitrogen and oxygen atoms in total. The van der Waals surface area contributed by atoms with Crippen LogP contribution in [-0.2, 0) is 22.6 Å². The van der Waals surface area contributed by atoms with Crippen LogP contribution in [0.1, 0.15) is 18.4 Å². The molecule has 0 aliphatic carbocycles. The van der Waals surface area contributed by atoms with Gasteiger partial charge in [-0.2, -0.15) is 0 Å². The number of likely N-dealkylation sites (tertiary alicyclic amines) is 1. The number of benzene rings is 2. The van der Waals surface area contributed by atoms with Crippen molar-refractivity contribution in [2.75, 3.05) is 52.2 Å². The summed E-state index contributed by atoms with van der Waals surface area (Å²) in [5.74, 6) is 0.467. The molecule has 0 saturated carbocycles. The molecule has 0 unspecified atom stereocenters. The van der Waals surface area contributed by atoms with Gasteiger partial charge < -0.3 is 34.4 Å². The second-order valence-electron chi connectivity index (χ2n) is 11.4. The third-order valence-corrected chi connectivity index (χ3v) is 8.60. The van der Waals surface area contributed by atoms with E-state index in [4.69, 9.17) is 26.2 Å². The number of likely N-dealkylation sites (N-methyl/N-ethyl adjacent to an activating group) is 1. The van der Waals surface area contributed by atoms with Crippen LogP contribution in [0.3, 0.4) is 0 Å². The fourth-order valence-corrected chi connectivity index (χ4v) is 6.18. The molecule has 2 aromatic heterocycles. The standard InChI is InChI=1S/C32H36ClN7O3.CH2O2/c1-37(2)17-18-43-31-29-25(24-8-4-5-9-26(24)33)19-39(30(29)34-21-35-31)20-28(41)38-14-12-23(13-15-38)40-16-11-22-7-3-6-10-27(22)36-32(40)42;2-1-3/h3-10,19,21,23H,11-18,20H2,1-2H3,(H,36,42);1H,(H,2,3). The quantitative estimate of drug-likeness (QED) is 0.268. The fourth-order valence-electron chi connectivity index (χ4n) is 5.95. The van der Waals surface area contributed by atoms with Crippen molar-refractivity contribution in [2.45, 2.75) is 31.8 Å². The zero-order chi connectivity index (χ0) is 32.6. The van der Waals surface area contributed by atoms with E-state index in [1.165, 1.54) is 6.33 Å². The summed E-state index contributed by atoms with van der Waals surface area (Å²) in [7, 11) is 3.97. The number of fused-ring (bicyclic) bond motifs is 2. The first-order valence-electron chi connectivity index (χ1n) is 15.2. The van der Waals surface area contributed by atoms with E-state index in [2.05, 4.69) is 21.4 Å². The highest BCUT2D eigenvalue weighted by molar-refractivity contribution is 6.33. The Hall–Kier alpha value is -4.68. The van der Waals surface area contributed by atoms with Crippen molar-refractivity contribution in [2.24, 2.45) is 0 Å². The number of ether oxygens (including phenoxy) is 1. The molecule has 3 amide bonds. The monoisotopic (exact) mass is 647 g/mol. The maximum Gasteiger partial charge on any atom is 0.322 e. The van der Waals surface area contributed by atoms with Gasteiger partial charge >= 0.3 is 6.03 Å². The van der Waals surface area contributed by atoms with Crippen molar-refractivity contribution in [3.8, 4) is 17.0 Å². The number of para-hydroxylation sites is 1. The Bertz CT molecular complexity index is 1690. The molecule has 0 bridgehead atoms. The lowest BCUT2D eigenvalue weighted by atomic mass is 10.0. The summed E-state index contributed by atoms with van der Waals surface area (Å²) in [4.78, 5) is 49.9. The van der Waals surface area contributed by atoms with Crippen molar-refractivity contribution in [3.05, 3.63) is 71.6 Å². The van der Waals surface area contributed by atoms with Gasteiger partial charge in [0.15, 0.2) is 0 Å². The third-order valence-electron chi connectivity index (χ3n) is 8.27. The lowest BCUT2D eigenvalue weighted by Crippen LogP contribution is -2.50. The Morgan fingerprint density at radius 3 is 2.54 bits per heavy atom. The summed E-state index contributed by atoms with van der Waals surface area (Å²) >= 11 is 6.61. The van der Waals surface area contributed by atoms with E-state index in [9.17, 15) is 9.59 Å². The lowest BCUT2D eigenvalue weighted by molar-refractivity contribution is -0.133. The van der Waals surface area contributed by atoms with E-state index in [1.54, 1.807) is 0 Å². The molecule has 13 heteroatoms. The molecule has 2 aliphatic rings. The van der Waals surface area contributed by atoms with Crippen molar-refractivity contribution in [3.63, 3.8) is 0 Å². The Labute approximate surface area is 272 Å². The molecule has 2 aliphatic heterocycles. The Morgan fingerprint density at radius 1 is 1.09 bits per heavy atom. The van der Waals surface area contributed by atoms with E-state index < -0.39 is 0 Å². The minimum absolute atomic E-state index is 0.00229. The van der Waals surface area contributed by atoms with Crippen LogP contribution in [0, 0.1) is 0 Å². The van der Waals surface area contributed by atoms with E-state index in [0.29, 0.717) is 42.8 Å². The number of carboxylic acid groups (broad SMARTS) is 1.